The van der Waals surface area contributed by atoms with Crippen LogP contribution in [-0.4, -0.2) is 14.2 Å². The molecule has 0 aliphatic carbocycles. The summed E-state index contributed by atoms with van der Waals surface area (Å²) in [5.74, 6) is 1.61. The molecule has 0 aliphatic heterocycles. The summed E-state index contributed by atoms with van der Waals surface area (Å²) >= 11 is 5.26. The van der Waals surface area contributed by atoms with Crippen LogP contribution in [0.2, 0.25) is 0 Å². The third kappa shape index (κ3) is 3.70. The normalized spacial score (nSPS) is 10.4. The minimum Gasteiger partial charge on any atom is -0.497 e. The Hall–Kier alpha value is -1.13. The first kappa shape index (κ1) is 15.3. The molecule has 2 aromatic rings. The van der Waals surface area contributed by atoms with Crippen LogP contribution in [0.5, 0.6) is 11.5 Å². The van der Waals surface area contributed by atoms with Crippen LogP contribution in [0.4, 0.5) is 0 Å². The van der Waals surface area contributed by atoms with E-state index in [1.54, 1.807) is 26.0 Å². The van der Waals surface area contributed by atoms with Gasteiger partial charge in [0.2, 0.25) is 0 Å². The molecule has 0 aliphatic rings. The summed E-state index contributed by atoms with van der Waals surface area (Å²) in [5, 5.41) is 0.844. The molecule has 0 amide bonds. The first-order valence-corrected chi connectivity index (χ1v) is 8.16. The molecule has 0 bridgehead atoms. The van der Waals surface area contributed by atoms with Gasteiger partial charge in [-0.2, -0.15) is 0 Å². The Morgan fingerprint density at radius 3 is 2.20 bits per heavy atom. The molecule has 0 saturated heterocycles. The SMILES string of the molecule is COc1cc(OC)cc(Sc2cc(C)ccc2CBr)c1. The van der Waals surface area contributed by atoms with E-state index in [4.69, 9.17) is 9.47 Å². The van der Waals surface area contributed by atoms with E-state index in [1.807, 2.05) is 18.2 Å². The number of alkyl halides is 1. The van der Waals surface area contributed by atoms with Gasteiger partial charge in [0.25, 0.3) is 0 Å². The summed E-state index contributed by atoms with van der Waals surface area (Å²) in [7, 11) is 3.33. The third-order valence-electron chi connectivity index (χ3n) is 2.92. The van der Waals surface area contributed by atoms with E-state index in [0.29, 0.717) is 0 Å². The highest BCUT2D eigenvalue weighted by Crippen LogP contribution is 2.36. The van der Waals surface area contributed by atoms with Crippen molar-refractivity contribution in [1.29, 1.82) is 0 Å². The van der Waals surface area contributed by atoms with Gasteiger partial charge in [0.15, 0.2) is 0 Å². The summed E-state index contributed by atoms with van der Waals surface area (Å²) < 4.78 is 10.6. The Balaban J connectivity index is 2.36. The summed E-state index contributed by atoms with van der Waals surface area (Å²) in [4.78, 5) is 2.35. The topological polar surface area (TPSA) is 18.5 Å². The average Bonchev–Trinajstić information content (AvgIpc) is 2.47. The van der Waals surface area contributed by atoms with Crippen LogP contribution >= 0.6 is 27.7 Å². The first-order valence-electron chi connectivity index (χ1n) is 6.22. The summed E-state index contributed by atoms with van der Waals surface area (Å²) in [6.45, 7) is 2.11. The van der Waals surface area contributed by atoms with Crippen LogP contribution in [0.1, 0.15) is 11.1 Å². The molecule has 106 valence electrons. The minimum atomic E-state index is 0.805. The maximum Gasteiger partial charge on any atom is 0.123 e. The van der Waals surface area contributed by atoms with E-state index < -0.39 is 0 Å². The Kier molecular flexibility index (Phi) is 5.38. The van der Waals surface area contributed by atoms with Gasteiger partial charge in [-0.25, -0.2) is 0 Å². The average molecular weight is 353 g/mol. The number of hydrogen-bond acceptors (Lipinski definition) is 3. The highest BCUT2D eigenvalue weighted by molar-refractivity contribution is 9.08. The zero-order chi connectivity index (χ0) is 14.5. The molecular weight excluding hydrogens is 336 g/mol. The van der Waals surface area contributed by atoms with Crippen molar-refractivity contribution in [1.82, 2.24) is 0 Å². The van der Waals surface area contributed by atoms with E-state index in [-0.39, 0.29) is 0 Å². The second-order valence-corrected chi connectivity index (χ2v) is 6.07. The lowest BCUT2D eigenvalue weighted by molar-refractivity contribution is 0.392. The van der Waals surface area contributed by atoms with E-state index in [1.165, 1.54) is 16.0 Å². The van der Waals surface area contributed by atoms with Gasteiger partial charge in [0.1, 0.15) is 11.5 Å². The summed E-state index contributed by atoms with van der Waals surface area (Å²) in [5.41, 5.74) is 2.54. The fourth-order valence-corrected chi connectivity index (χ4v) is 3.63. The molecule has 0 atom stereocenters. The van der Waals surface area contributed by atoms with E-state index in [9.17, 15) is 0 Å². The predicted octanol–water partition coefficient (Wildman–Crippen LogP) is 5.06. The molecule has 0 aromatic heterocycles. The molecule has 4 heteroatoms. The van der Waals surface area contributed by atoms with Gasteiger partial charge >= 0.3 is 0 Å². The number of aryl methyl sites for hydroxylation is 1. The Labute approximate surface area is 132 Å². The number of benzene rings is 2. The third-order valence-corrected chi connectivity index (χ3v) is 4.59. The second-order valence-electron chi connectivity index (χ2n) is 4.40. The smallest absolute Gasteiger partial charge is 0.123 e. The van der Waals surface area contributed by atoms with Crippen molar-refractivity contribution in [2.45, 2.75) is 22.0 Å². The van der Waals surface area contributed by atoms with Gasteiger partial charge in [-0.15, -0.1) is 0 Å². The number of hydrogen-bond donors (Lipinski definition) is 0. The zero-order valence-corrected chi connectivity index (χ0v) is 14.2. The maximum absolute atomic E-state index is 5.31. The highest BCUT2D eigenvalue weighted by atomic mass is 79.9. The largest absolute Gasteiger partial charge is 0.497 e. The number of rotatable bonds is 5. The molecule has 20 heavy (non-hydrogen) atoms. The van der Waals surface area contributed by atoms with E-state index in [2.05, 4.69) is 41.1 Å². The molecule has 0 saturated carbocycles. The molecule has 2 aromatic carbocycles. The minimum absolute atomic E-state index is 0.805. The van der Waals surface area contributed by atoms with E-state index in [0.717, 1.165) is 21.7 Å². The van der Waals surface area contributed by atoms with Crippen molar-refractivity contribution in [3.63, 3.8) is 0 Å². The lowest BCUT2D eigenvalue weighted by Crippen LogP contribution is -1.89. The van der Waals surface area contributed by atoms with Crippen molar-refractivity contribution >= 4 is 27.7 Å². The molecule has 0 radical (unpaired) electrons. The zero-order valence-electron chi connectivity index (χ0n) is 11.8. The van der Waals surface area contributed by atoms with Crippen LogP contribution in [0.25, 0.3) is 0 Å². The van der Waals surface area contributed by atoms with Crippen LogP contribution in [-0.2, 0) is 5.33 Å². The van der Waals surface area contributed by atoms with Crippen molar-refractivity contribution in [3.8, 4) is 11.5 Å². The number of halogens is 1. The quantitative estimate of drug-likeness (QED) is 0.700. The van der Waals surface area contributed by atoms with Crippen molar-refractivity contribution in [3.05, 3.63) is 47.5 Å². The van der Waals surface area contributed by atoms with Gasteiger partial charge in [-0.05, 0) is 36.2 Å². The van der Waals surface area contributed by atoms with Crippen LogP contribution in [0.3, 0.4) is 0 Å². The van der Waals surface area contributed by atoms with Crippen molar-refractivity contribution in [2.24, 2.45) is 0 Å². The number of methoxy groups -OCH3 is 2. The van der Waals surface area contributed by atoms with Gasteiger partial charge < -0.3 is 9.47 Å². The standard InChI is InChI=1S/C16H17BrO2S/c1-11-4-5-12(10-17)16(6-11)20-15-8-13(18-2)7-14(9-15)19-3/h4-9H,10H2,1-3H3. The first-order chi connectivity index (χ1) is 9.66. The van der Waals surface area contributed by atoms with Gasteiger partial charge in [0, 0.05) is 21.2 Å². The molecule has 0 spiro atoms. The van der Waals surface area contributed by atoms with Crippen LogP contribution < -0.4 is 9.47 Å². The van der Waals surface area contributed by atoms with E-state index >= 15 is 0 Å². The molecule has 0 unspecified atom stereocenters. The Bertz CT molecular complexity index is 577. The summed E-state index contributed by atoms with van der Waals surface area (Å²) in [6, 6.07) is 12.4. The molecule has 0 heterocycles. The van der Waals surface area contributed by atoms with Gasteiger partial charge in [-0.3, -0.25) is 0 Å². The Morgan fingerprint density at radius 1 is 1.00 bits per heavy atom. The van der Waals surface area contributed by atoms with Crippen LogP contribution in [0.15, 0.2) is 46.2 Å². The van der Waals surface area contributed by atoms with Crippen molar-refractivity contribution < 1.29 is 9.47 Å². The van der Waals surface area contributed by atoms with Gasteiger partial charge in [-0.1, -0.05) is 39.8 Å². The lowest BCUT2D eigenvalue weighted by atomic mass is 10.2. The fourth-order valence-electron chi connectivity index (χ4n) is 1.83. The van der Waals surface area contributed by atoms with Crippen LogP contribution in [0, 0.1) is 6.92 Å². The second kappa shape index (κ2) is 7.04. The molecule has 0 fully saturated rings. The van der Waals surface area contributed by atoms with Crippen molar-refractivity contribution in [2.75, 3.05) is 14.2 Å². The Morgan fingerprint density at radius 2 is 1.65 bits per heavy atom. The molecule has 2 nitrogen and oxygen atoms in total. The van der Waals surface area contributed by atoms with Gasteiger partial charge in [0.05, 0.1) is 14.2 Å². The lowest BCUT2D eigenvalue weighted by Gasteiger charge is -2.11. The highest BCUT2D eigenvalue weighted by Gasteiger charge is 2.07. The number of ether oxygens (including phenoxy) is 2. The molecule has 0 N–H and O–H groups in total. The molecular formula is C16H17BrO2S. The molecule has 2 rings (SSSR count). The predicted molar refractivity (Wildman–Crippen MR) is 87.5 cm³/mol. The summed E-state index contributed by atoms with van der Waals surface area (Å²) in [6.07, 6.45) is 0. The monoisotopic (exact) mass is 352 g/mol. The fraction of sp³-hybridized carbons (Fsp3) is 0.250. The maximum atomic E-state index is 5.31.